The monoisotopic (exact) mass is 297 g/mol. The highest BCUT2D eigenvalue weighted by molar-refractivity contribution is 5.79. The number of amides is 1. The van der Waals surface area contributed by atoms with E-state index in [0.29, 0.717) is 12.3 Å². The van der Waals surface area contributed by atoms with Gasteiger partial charge in [-0.25, -0.2) is 9.78 Å². The van der Waals surface area contributed by atoms with Gasteiger partial charge in [0.2, 0.25) is 5.79 Å². The molecule has 118 valence electrons. The number of hydrogen-bond donors (Lipinski definition) is 1. The highest BCUT2D eigenvalue weighted by Gasteiger charge is 2.70. The molecule has 5 aliphatic rings. The maximum atomic E-state index is 12.4. The highest BCUT2D eigenvalue weighted by atomic mass is 17.3. The normalized spacial score (nSPS) is 56.1. The molecule has 4 heterocycles. The van der Waals surface area contributed by atoms with Gasteiger partial charge in [0, 0.05) is 18.3 Å². The predicted molar refractivity (Wildman–Crippen MR) is 70.6 cm³/mol. The van der Waals surface area contributed by atoms with E-state index in [1.807, 2.05) is 13.8 Å². The molecule has 0 aromatic rings. The van der Waals surface area contributed by atoms with Crippen LogP contribution in [-0.4, -0.2) is 33.8 Å². The first-order chi connectivity index (χ1) is 9.89. The van der Waals surface area contributed by atoms with E-state index in [-0.39, 0.29) is 23.7 Å². The molecule has 1 amide bonds. The van der Waals surface area contributed by atoms with Crippen LogP contribution < -0.4 is 0 Å². The zero-order valence-electron chi connectivity index (χ0n) is 12.7. The molecule has 4 aliphatic heterocycles. The Balaban J connectivity index is 1.87. The van der Waals surface area contributed by atoms with E-state index in [2.05, 4.69) is 6.92 Å². The van der Waals surface area contributed by atoms with Gasteiger partial charge in [-0.2, -0.15) is 5.06 Å². The predicted octanol–water partition coefficient (Wildman–Crippen LogP) is 2.07. The molecule has 0 radical (unpaired) electrons. The summed E-state index contributed by atoms with van der Waals surface area (Å²) in [5.74, 6) is -0.720. The summed E-state index contributed by atoms with van der Waals surface area (Å²) in [6, 6.07) is 0. The highest BCUT2D eigenvalue weighted by Crippen LogP contribution is 2.59. The number of ether oxygens (including phenoxy) is 1. The van der Waals surface area contributed by atoms with Crippen LogP contribution in [0.25, 0.3) is 0 Å². The number of hydroxylamine groups is 2. The molecular weight excluding hydrogens is 274 g/mol. The Labute approximate surface area is 124 Å². The third kappa shape index (κ3) is 1.59. The van der Waals surface area contributed by atoms with Crippen molar-refractivity contribution in [2.75, 3.05) is 0 Å². The standard InChI is InChI=1S/C15H23NO5/c1-8-4-5-11-9(2)12(17)16(18)13-15(11)10(8)6-7-14(3,19-13)20-21-15/h8-11,13,18H,4-7H2,1-3H3/t8?,9-,10?,11+,13?,14+,15?/m0/s1. The molecule has 4 unspecified atom stereocenters. The fourth-order valence-corrected chi connectivity index (χ4v) is 5.03. The SMILES string of the molecule is CC1CC[C@@H]2[C@H](C)C(=O)N(O)C3O[C@@]4(C)CCC1C32OO4. The molecule has 21 heavy (non-hydrogen) atoms. The van der Waals surface area contributed by atoms with Crippen LogP contribution >= 0.6 is 0 Å². The zero-order chi connectivity index (χ0) is 15.0. The molecule has 1 N–H and O–H groups in total. The number of nitrogens with zero attached hydrogens (tertiary/aromatic N) is 1. The Morgan fingerprint density at radius 2 is 1.95 bits per heavy atom. The molecule has 0 aromatic carbocycles. The average molecular weight is 297 g/mol. The van der Waals surface area contributed by atoms with Crippen molar-refractivity contribution in [3.63, 3.8) is 0 Å². The van der Waals surface area contributed by atoms with E-state index in [4.69, 9.17) is 14.5 Å². The first-order valence-electron chi connectivity index (χ1n) is 7.96. The van der Waals surface area contributed by atoms with Crippen LogP contribution in [0.3, 0.4) is 0 Å². The lowest BCUT2D eigenvalue weighted by molar-refractivity contribution is -0.558. The van der Waals surface area contributed by atoms with E-state index < -0.39 is 17.6 Å². The molecule has 1 saturated carbocycles. The van der Waals surface area contributed by atoms with Crippen molar-refractivity contribution >= 4 is 5.91 Å². The van der Waals surface area contributed by atoms with Crippen molar-refractivity contribution < 1.29 is 24.5 Å². The molecule has 1 aliphatic carbocycles. The first-order valence-corrected chi connectivity index (χ1v) is 7.96. The molecule has 0 aromatic heterocycles. The van der Waals surface area contributed by atoms with Crippen LogP contribution in [0, 0.1) is 23.7 Å². The van der Waals surface area contributed by atoms with Crippen molar-refractivity contribution in [3.8, 4) is 0 Å². The largest absolute Gasteiger partial charge is 0.318 e. The van der Waals surface area contributed by atoms with Crippen molar-refractivity contribution in [2.24, 2.45) is 23.7 Å². The maximum absolute atomic E-state index is 12.4. The first kappa shape index (κ1) is 13.9. The summed E-state index contributed by atoms with van der Waals surface area (Å²) < 4.78 is 6.02. The summed E-state index contributed by atoms with van der Waals surface area (Å²) >= 11 is 0. The van der Waals surface area contributed by atoms with Crippen LogP contribution in [0.15, 0.2) is 0 Å². The summed E-state index contributed by atoms with van der Waals surface area (Å²) in [5.41, 5.74) is -0.740. The average Bonchev–Trinajstić information content (AvgIpc) is 2.69. The quantitative estimate of drug-likeness (QED) is 0.547. The lowest BCUT2D eigenvalue weighted by Gasteiger charge is -2.60. The third-order valence-electron chi connectivity index (χ3n) is 6.24. The number of hydrogen-bond acceptors (Lipinski definition) is 5. The van der Waals surface area contributed by atoms with Crippen LogP contribution in [0.2, 0.25) is 0 Å². The fourth-order valence-electron chi connectivity index (χ4n) is 5.03. The Morgan fingerprint density at radius 1 is 1.19 bits per heavy atom. The van der Waals surface area contributed by atoms with Gasteiger partial charge in [0.25, 0.3) is 5.91 Å². The Morgan fingerprint density at radius 3 is 2.71 bits per heavy atom. The van der Waals surface area contributed by atoms with E-state index in [1.54, 1.807) is 0 Å². The molecule has 1 spiro atoms. The number of carbonyl (C=O) groups is 1. The number of fused-ring (bicyclic) bond motifs is 2. The second-order valence-electron chi connectivity index (χ2n) is 7.40. The summed E-state index contributed by atoms with van der Waals surface area (Å²) in [5, 5.41) is 11.1. The molecule has 5 fully saturated rings. The minimum atomic E-state index is -0.890. The molecule has 2 bridgehead atoms. The maximum Gasteiger partial charge on any atom is 0.251 e. The number of carbonyl (C=O) groups excluding carboxylic acids is 1. The minimum Gasteiger partial charge on any atom is -0.318 e. The van der Waals surface area contributed by atoms with Gasteiger partial charge >= 0.3 is 0 Å². The molecule has 6 heteroatoms. The van der Waals surface area contributed by atoms with Crippen molar-refractivity contribution in [1.82, 2.24) is 5.06 Å². The van der Waals surface area contributed by atoms with E-state index >= 15 is 0 Å². The van der Waals surface area contributed by atoms with E-state index in [9.17, 15) is 10.0 Å². The summed E-state index contributed by atoms with van der Waals surface area (Å²) in [4.78, 5) is 23.9. The molecule has 4 saturated heterocycles. The van der Waals surface area contributed by atoms with Gasteiger partial charge < -0.3 is 4.74 Å². The number of piperidine rings is 1. The lowest BCUT2D eigenvalue weighted by Crippen LogP contribution is -2.74. The van der Waals surface area contributed by atoms with Crippen molar-refractivity contribution in [3.05, 3.63) is 0 Å². The Hall–Kier alpha value is -0.690. The topological polar surface area (TPSA) is 68.2 Å². The lowest BCUT2D eigenvalue weighted by atomic mass is 9.57. The van der Waals surface area contributed by atoms with Gasteiger partial charge in [-0.1, -0.05) is 13.8 Å². The minimum absolute atomic E-state index is 0.0299. The van der Waals surface area contributed by atoms with Gasteiger partial charge in [0.05, 0.1) is 0 Å². The van der Waals surface area contributed by atoms with Gasteiger partial charge in [-0.05, 0) is 38.0 Å². The van der Waals surface area contributed by atoms with Crippen molar-refractivity contribution in [2.45, 2.75) is 64.1 Å². The second kappa shape index (κ2) is 4.19. The van der Waals surface area contributed by atoms with Gasteiger partial charge in [0.15, 0.2) is 11.8 Å². The fraction of sp³-hybridized carbons (Fsp3) is 0.933. The Bertz CT molecular complexity index is 485. The summed E-state index contributed by atoms with van der Waals surface area (Å²) in [6.07, 6.45) is 2.86. The summed E-state index contributed by atoms with van der Waals surface area (Å²) in [6.45, 7) is 5.91. The van der Waals surface area contributed by atoms with Crippen LogP contribution in [0.4, 0.5) is 0 Å². The summed E-state index contributed by atoms with van der Waals surface area (Å²) in [7, 11) is 0. The zero-order valence-corrected chi connectivity index (χ0v) is 12.7. The third-order valence-corrected chi connectivity index (χ3v) is 6.24. The molecule has 7 atom stereocenters. The molecule has 5 rings (SSSR count). The van der Waals surface area contributed by atoms with Gasteiger partial charge in [-0.15, -0.1) is 0 Å². The smallest absolute Gasteiger partial charge is 0.251 e. The van der Waals surface area contributed by atoms with Crippen LogP contribution in [0.1, 0.15) is 46.5 Å². The molecule has 6 nitrogen and oxygen atoms in total. The number of rotatable bonds is 0. The van der Waals surface area contributed by atoms with Crippen LogP contribution in [-0.2, 0) is 19.3 Å². The van der Waals surface area contributed by atoms with Crippen molar-refractivity contribution in [1.29, 1.82) is 0 Å². The van der Waals surface area contributed by atoms with E-state index in [0.717, 1.165) is 24.3 Å². The second-order valence-corrected chi connectivity index (χ2v) is 7.40. The van der Waals surface area contributed by atoms with E-state index in [1.165, 1.54) is 0 Å². The van der Waals surface area contributed by atoms with Gasteiger partial charge in [0.1, 0.15) is 0 Å². The van der Waals surface area contributed by atoms with Crippen LogP contribution in [0.5, 0.6) is 0 Å². The van der Waals surface area contributed by atoms with Gasteiger partial charge in [-0.3, -0.25) is 10.0 Å². The Kier molecular flexibility index (Phi) is 2.78. The molecular formula is C15H23NO5.